The highest BCUT2D eigenvalue weighted by Gasteiger charge is 2.16. The van der Waals surface area contributed by atoms with Gasteiger partial charge in [0, 0.05) is 23.6 Å². The van der Waals surface area contributed by atoms with Crippen molar-refractivity contribution in [3.63, 3.8) is 0 Å². The Kier molecular flexibility index (Phi) is 4.59. The summed E-state index contributed by atoms with van der Waals surface area (Å²) in [6.07, 6.45) is 4.40. The zero-order valence-corrected chi connectivity index (χ0v) is 15.2. The van der Waals surface area contributed by atoms with E-state index in [4.69, 9.17) is 16.6 Å². The van der Waals surface area contributed by atoms with Crippen LogP contribution in [0.3, 0.4) is 0 Å². The lowest BCUT2D eigenvalue weighted by molar-refractivity contribution is 1.01. The van der Waals surface area contributed by atoms with Gasteiger partial charge in [0.1, 0.15) is 5.82 Å². The Morgan fingerprint density at radius 3 is 2.58 bits per heavy atom. The van der Waals surface area contributed by atoms with Crippen LogP contribution in [0, 0.1) is 0 Å². The molecule has 0 aliphatic carbocycles. The molecule has 0 radical (unpaired) electrons. The molecule has 0 amide bonds. The van der Waals surface area contributed by atoms with Crippen LogP contribution in [-0.2, 0) is 13.0 Å². The topological polar surface area (TPSA) is 53.6 Å². The van der Waals surface area contributed by atoms with Crippen LogP contribution in [0.25, 0.3) is 22.2 Å². The Labute approximate surface area is 157 Å². The van der Waals surface area contributed by atoms with Crippen molar-refractivity contribution in [3.05, 3.63) is 77.3 Å². The summed E-state index contributed by atoms with van der Waals surface area (Å²) in [6, 6.07) is 16.2. The minimum absolute atomic E-state index is 0.603. The van der Waals surface area contributed by atoms with E-state index >= 15 is 0 Å². The number of halogens is 1. The second-order valence-electron chi connectivity index (χ2n) is 6.11. The third-order valence-corrected chi connectivity index (χ3v) is 4.85. The summed E-state index contributed by atoms with van der Waals surface area (Å²) in [7, 11) is 0. The number of hydrogen-bond donors (Lipinski definition) is 2. The molecule has 130 valence electrons. The highest BCUT2D eigenvalue weighted by atomic mass is 35.5. The largest absolute Gasteiger partial charge is 0.378 e. The van der Waals surface area contributed by atoms with E-state index in [1.165, 1.54) is 0 Å². The van der Waals surface area contributed by atoms with E-state index in [0.717, 1.165) is 50.7 Å². The Balaban J connectivity index is 1.77. The van der Waals surface area contributed by atoms with Crippen LogP contribution >= 0.6 is 11.6 Å². The van der Waals surface area contributed by atoms with Crippen molar-refractivity contribution in [2.24, 2.45) is 0 Å². The number of rotatable bonds is 5. The number of aryl methyl sites for hydroxylation is 1. The van der Waals surface area contributed by atoms with Crippen LogP contribution in [0.4, 0.5) is 5.69 Å². The zero-order valence-electron chi connectivity index (χ0n) is 14.5. The molecule has 0 saturated heterocycles. The smallest absolute Gasteiger partial charge is 0.126 e. The molecule has 26 heavy (non-hydrogen) atoms. The predicted molar refractivity (Wildman–Crippen MR) is 107 cm³/mol. The lowest BCUT2D eigenvalue weighted by Crippen LogP contribution is -2.00. The summed E-state index contributed by atoms with van der Waals surface area (Å²) in [5, 5.41) is 4.14. The first-order valence-corrected chi connectivity index (χ1v) is 9.03. The van der Waals surface area contributed by atoms with Crippen molar-refractivity contribution in [3.8, 4) is 11.1 Å². The van der Waals surface area contributed by atoms with Gasteiger partial charge in [-0.05, 0) is 35.7 Å². The lowest BCUT2D eigenvalue weighted by Gasteiger charge is -2.10. The van der Waals surface area contributed by atoms with Crippen LogP contribution < -0.4 is 5.32 Å². The quantitative estimate of drug-likeness (QED) is 0.496. The average Bonchev–Trinajstić information content (AvgIpc) is 3.09. The van der Waals surface area contributed by atoms with Crippen molar-refractivity contribution < 1.29 is 0 Å². The van der Waals surface area contributed by atoms with E-state index in [-0.39, 0.29) is 0 Å². The number of aromatic amines is 1. The third kappa shape index (κ3) is 3.16. The number of nitrogens with one attached hydrogen (secondary N) is 2. The fourth-order valence-electron chi connectivity index (χ4n) is 3.10. The Bertz CT molecular complexity index is 1030. The molecular weight excluding hydrogens is 344 g/mol. The van der Waals surface area contributed by atoms with Gasteiger partial charge in [0.25, 0.3) is 0 Å². The van der Waals surface area contributed by atoms with E-state index in [9.17, 15) is 0 Å². The number of fused-ring (bicyclic) bond motifs is 1. The first-order valence-electron chi connectivity index (χ1n) is 8.65. The third-order valence-electron chi connectivity index (χ3n) is 4.42. The molecule has 4 aromatic rings. The molecule has 2 aromatic carbocycles. The van der Waals surface area contributed by atoms with Gasteiger partial charge in [-0.2, -0.15) is 0 Å². The fraction of sp³-hybridized carbons (Fsp3) is 0.143. The minimum Gasteiger partial charge on any atom is -0.378 e. The van der Waals surface area contributed by atoms with Crippen LogP contribution in [-0.4, -0.2) is 15.0 Å². The van der Waals surface area contributed by atoms with E-state index < -0.39 is 0 Å². The van der Waals surface area contributed by atoms with Crippen molar-refractivity contribution in [2.45, 2.75) is 19.9 Å². The molecule has 4 rings (SSSR count). The van der Waals surface area contributed by atoms with Crippen molar-refractivity contribution in [2.75, 3.05) is 5.32 Å². The second-order valence-corrected chi connectivity index (χ2v) is 6.49. The molecule has 0 aliphatic rings. The van der Waals surface area contributed by atoms with Crippen LogP contribution in [0.1, 0.15) is 18.3 Å². The van der Waals surface area contributed by atoms with Crippen molar-refractivity contribution >= 4 is 28.3 Å². The number of aromatic nitrogens is 3. The molecule has 0 bridgehead atoms. The van der Waals surface area contributed by atoms with Gasteiger partial charge in [-0.1, -0.05) is 48.9 Å². The van der Waals surface area contributed by atoms with Gasteiger partial charge in [0.15, 0.2) is 0 Å². The molecule has 2 aromatic heterocycles. The summed E-state index contributed by atoms with van der Waals surface area (Å²) in [4.78, 5) is 12.3. The lowest BCUT2D eigenvalue weighted by atomic mass is 10.00. The first kappa shape index (κ1) is 16.6. The number of H-pyrrole nitrogens is 1. The van der Waals surface area contributed by atoms with Gasteiger partial charge in [0.2, 0.25) is 0 Å². The van der Waals surface area contributed by atoms with E-state index in [2.05, 4.69) is 40.4 Å². The molecule has 2 heterocycles. The summed E-state index contributed by atoms with van der Waals surface area (Å²) in [6.45, 7) is 2.72. The second kappa shape index (κ2) is 7.18. The Morgan fingerprint density at radius 1 is 1.08 bits per heavy atom. The summed E-state index contributed by atoms with van der Waals surface area (Å²) in [5.74, 6) is 0.873. The molecule has 4 nitrogen and oxygen atoms in total. The Morgan fingerprint density at radius 2 is 1.85 bits per heavy atom. The van der Waals surface area contributed by atoms with Crippen LogP contribution in [0.2, 0.25) is 5.02 Å². The number of nitrogens with zero attached hydrogens (tertiary/aromatic N) is 2. The molecular formula is C21H19ClN4. The number of benzene rings is 2. The van der Waals surface area contributed by atoms with Crippen molar-refractivity contribution in [1.29, 1.82) is 0 Å². The molecule has 0 atom stereocenters. The summed E-state index contributed by atoms with van der Waals surface area (Å²) < 4.78 is 0. The monoisotopic (exact) mass is 362 g/mol. The van der Waals surface area contributed by atoms with Crippen LogP contribution in [0.15, 0.2) is 60.9 Å². The number of imidazole rings is 1. The van der Waals surface area contributed by atoms with Crippen molar-refractivity contribution in [1.82, 2.24) is 15.0 Å². The maximum Gasteiger partial charge on any atom is 0.126 e. The molecule has 0 saturated carbocycles. The highest BCUT2D eigenvalue weighted by molar-refractivity contribution is 6.35. The SMILES string of the molecule is CCc1cc2[nH]c(CNc3ccncc3)nc2c(-c2ccccc2)c1Cl. The molecule has 5 heteroatoms. The molecule has 0 unspecified atom stereocenters. The van der Waals surface area contributed by atoms with Gasteiger partial charge in [-0.25, -0.2) is 4.98 Å². The molecule has 0 fully saturated rings. The standard InChI is InChI=1S/C21H19ClN4/c1-2-14-12-17-21(19(20(14)22)15-6-4-3-5-7-15)26-18(25-17)13-24-16-8-10-23-11-9-16/h3-12H,2,13H2,1H3,(H,23,24)(H,25,26). The summed E-state index contributed by atoms with van der Waals surface area (Å²) in [5.41, 5.74) is 6.12. The van der Waals surface area contributed by atoms with Gasteiger partial charge in [0.05, 0.1) is 22.6 Å². The normalized spacial score (nSPS) is 11.0. The van der Waals surface area contributed by atoms with Gasteiger partial charge in [-0.3, -0.25) is 4.98 Å². The first-order chi connectivity index (χ1) is 12.8. The van der Waals surface area contributed by atoms with Gasteiger partial charge < -0.3 is 10.3 Å². The minimum atomic E-state index is 0.603. The maximum absolute atomic E-state index is 6.73. The number of hydrogen-bond acceptors (Lipinski definition) is 3. The molecule has 0 spiro atoms. The fourth-order valence-corrected chi connectivity index (χ4v) is 3.49. The molecule has 2 N–H and O–H groups in total. The zero-order chi connectivity index (χ0) is 17.9. The molecule has 0 aliphatic heterocycles. The maximum atomic E-state index is 6.73. The average molecular weight is 363 g/mol. The van der Waals surface area contributed by atoms with E-state index in [1.807, 2.05) is 30.3 Å². The van der Waals surface area contributed by atoms with E-state index in [1.54, 1.807) is 12.4 Å². The van der Waals surface area contributed by atoms with Gasteiger partial charge in [-0.15, -0.1) is 0 Å². The Hall–Kier alpha value is -2.85. The highest BCUT2D eigenvalue weighted by Crippen LogP contribution is 2.37. The van der Waals surface area contributed by atoms with Gasteiger partial charge >= 0.3 is 0 Å². The number of pyridine rings is 1. The predicted octanol–water partition coefficient (Wildman–Crippen LogP) is 5.45. The number of anilines is 1. The summed E-state index contributed by atoms with van der Waals surface area (Å²) >= 11 is 6.73. The van der Waals surface area contributed by atoms with Crippen LogP contribution in [0.5, 0.6) is 0 Å². The van der Waals surface area contributed by atoms with E-state index in [0.29, 0.717) is 6.54 Å².